The lowest BCUT2D eigenvalue weighted by Gasteiger charge is -2.08. The first kappa shape index (κ1) is 22.9. The van der Waals surface area contributed by atoms with Crippen molar-refractivity contribution in [2.45, 2.75) is 13.3 Å². The van der Waals surface area contributed by atoms with Crippen molar-refractivity contribution in [1.29, 1.82) is 0 Å². The average Bonchev–Trinajstić information content (AvgIpc) is 3.50. The summed E-state index contributed by atoms with van der Waals surface area (Å²) >= 11 is 3.02. The van der Waals surface area contributed by atoms with Gasteiger partial charge in [-0.25, -0.2) is 14.8 Å². The van der Waals surface area contributed by atoms with Crippen LogP contribution < -0.4 is 10.1 Å². The fourth-order valence-electron chi connectivity index (χ4n) is 3.25. The number of carboxylic acids is 1. The SMILES string of the molecule is CCc1sc(Nc2ncc(-c3cccs3)cc2C(=O)O)nc1-c1cccc(OCCOC)c1. The highest BCUT2D eigenvalue weighted by molar-refractivity contribution is 7.16. The third kappa shape index (κ3) is 5.39. The molecule has 0 atom stereocenters. The molecule has 0 unspecified atom stereocenters. The predicted octanol–water partition coefficient (Wildman–Crippen LogP) is 5.96. The first-order chi connectivity index (χ1) is 16.1. The zero-order valence-corrected chi connectivity index (χ0v) is 19.8. The fraction of sp³-hybridized carbons (Fsp3) is 0.208. The van der Waals surface area contributed by atoms with Crippen LogP contribution >= 0.6 is 22.7 Å². The van der Waals surface area contributed by atoms with Crippen LogP contribution in [-0.2, 0) is 11.2 Å². The van der Waals surface area contributed by atoms with Gasteiger partial charge in [-0.1, -0.05) is 25.1 Å². The second-order valence-corrected chi connectivity index (χ2v) is 9.07. The predicted molar refractivity (Wildman–Crippen MR) is 132 cm³/mol. The van der Waals surface area contributed by atoms with Gasteiger partial charge < -0.3 is 19.9 Å². The van der Waals surface area contributed by atoms with Gasteiger partial charge in [0, 0.05) is 34.2 Å². The van der Waals surface area contributed by atoms with E-state index in [4.69, 9.17) is 14.5 Å². The summed E-state index contributed by atoms with van der Waals surface area (Å²) < 4.78 is 10.8. The van der Waals surface area contributed by atoms with Crippen molar-refractivity contribution in [1.82, 2.24) is 9.97 Å². The summed E-state index contributed by atoms with van der Waals surface area (Å²) in [5.74, 6) is -0.0349. The summed E-state index contributed by atoms with van der Waals surface area (Å²) in [6.07, 6.45) is 2.47. The van der Waals surface area contributed by atoms with Gasteiger partial charge >= 0.3 is 5.97 Å². The Hall–Kier alpha value is -3.27. The molecular formula is C24H23N3O4S2. The molecular weight excluding hydrogens is 458 g/mol. The molecule has 7 nitrogen and oxygen atoms in total. The Kier molecular flexibility index (Phi) is 7.33. The van der Waals surface area contributed by atoms with Crippen molar-refractivity contribution >= 4 is 39.6 Å². The lowest BCUT2D eigenvalue weighted by molar-refractivity contribution is 0.0697. The first-order valence-corrected chi connectivity index (χ1v) is 12.0. The number of methoxy groups -OCH3 is 1. The number of thiazole rings is 1. The Bertz CT molecular complexity index is 1240. The molecule has 3 aromatic heterocycles. The minimum absolute atomic E-state index is 0.101. The van der Waals surface area contributed by atoms with E-state index in [9.17, 15) is 9.90 Å². The molecule has 0 saturated heterocycles. The Morgan fingerprint density at radius 3 is 2.76 bits per heavy atom. The van der Waals surface area contributed by atoms with E-state index in [1.807, 2.05) is 41.8 Å². The van der Waals surface area contributed by atoms with Gasteiger partial charge in [0.2, 0.25) is 0 Å². The number of carbonyl (C=O) groups is 1. The monoisotopic (exact) mass is 481 g/mol. The Balaban J connectivity index is 1.62. The van der Waals surface area contributed by atoms with Crippen molar-refractivity contribution in [3.63, 3.8) is 0 Å². The van der Waals surface area contributed by atoms with Gasteiger partial charge in [-0.3, -0.25) is 0 Å². The van der Waals surface area contributed by atoms with Crippen LogP contribution in [-0.4, -0.2) is 41.4 Å². The van der Waals surface area contributed by atoms with E-state index in [0.717, 1.165) is 38.7 Å². The number of hydrogen-bond acceptors (Lipinski definition) is 8. The van der Waals surface area contributed by atoms with E-state index in [1.165, 1.54) is 22.7 Å². The highest BCUT2D eigenvalue weighted by Crippen LogP contribution is 2.35. The second kappa shape index (κ2) is 10.6. The molecule has 0 fully saturated rings. The third-order valence-corrected chi connectivity index (χ3v) is 6.87. The van der Waals surface area contributed by atoms with Gasteiger partial charge in [-0.15, -0.1) is 22.7 Å². The van der Waals surface area contributed by atoms with Crippen LogP contribution in [0.2, 0.25) is 0 Å². The van der Waals surface area contributed by atoms with Gasteiger partial charge in [-0.05, 0) is 36.1 Å². The number of benzene rings is 1. The van der Waals surface area contributed by atoms with Crippen molar-refractivity contribution < 1.29 is 19.4 Å². The number of aromatic nitrogens is 2. The third-order valence-electron chi connectivity index (χ3n) is 4.83. The van der Waals surface area contributed by atoms with E-state index in [0.29, 0.717) is 18.3 Å². The smallest absolute Gasteiger partial charge is 0.339 e. The Labute approximate surface area is 199 Å². The number of anilines is 2. The van der Waals surface area contributed by atoms with E-state index in [-0.39, 0.29) is 11.4 Å². The number of pyridine rings is 1. The second-order valence-electron chi connectivity index (χ2n) is 7.04. The van der Waals surface area contributed by atoms with E-state index in [1.54, 1.807) is 19.4 Å². The number of hydrogen-bond donors (Lipinski definition) is 2. The van der Waals surface area contributed by atoms with Crippen molar-refractivity contribution in [2.24, 2.45) is 0 Å². The summed E-state index contributed by atoms with van der Waals surface area (Å²) in [6, 6.07) is 13.3. The maximum Gasteiger partial charge on any atom is 0.339 e. The topological polar surface area (TPSA) is 93.6 Å². The molecule has 4 aromatic rings. The van der Waals surface area contributed by atoms with E-state index < -0.39 is 5.97 Å². The molecule has 1 aromatic carbocycles. The largest absolute Gasteiger partial charge is 0.491 e. The molecule has 2 N–H and O–H groups in total. The van der Waals surface area contributed by atoms with Crippen LogP contribution in [0.15, 0.2) is 54.0 Å². The molecule has 0 aliphatic heterocycles. The van der Waals surface area contributed by atoms with Gasteiger partial charge in [0.05, 0.1) is 12.3 Å². The normalized spacial score (nSPS) is 10.8. The number of thiophene rings is 1. The molecule has 33 heavy (non-hydrogen) atoms. The maximum atomic E-state index is 11.9. The zero-order chi connectivity index (χ0) is 23.2. The number of carboxylic acid groups (broad SMARTS) is 1. The van der Waals surface area contributed by atoms with Gasteiger partial charge in [0.1, 0.15) is 23.7 Å². The molecule has 9 heteroatoms. The Morgan fingerprint density at radius 2 is 2.03 bits per heavy atom. The number of aromatic carboxylic acids is 1. The molecule has 0 amide bonds. The van der Waals surface area contributed by atoms with E-state index >= 15 is 0 Å². The summed E-state index contributed by atoms with van der Waals surface area (Å²) in [5.41, 5.74) is 2.65. The van der Waals surface area contributed by atoms with Crippen LogP contribution in [0.5, 0.6) is 5.75 Å². The fourth-order valence-corrected chi connectivity index (χ4v) is 4.88. The molecule has 0 spiro atoms. The molecule has 0 radical (unpaired) electrons. The quantitative estimate of drug-likeness (QED) is 0.270. The van der Waals surface area contributed by atoms with Gasteiger partial charge in [0.15, 0.2) is 5.13 Å². The summed E-state index contributed by atoms with van der Waals surface area (Å²) in [7, 11) is 1.64. The van der Waals surface area contributed by atoms with Crippen molar-refractivity contribution in [3.05, 3.63) is 64.5 Å². The maximum absolute atomic E-state index is 11.9. The molecule has 170 valence electrons. The highest BCUT2D eigenvalue weighted by atomic mass is 32.1. The molecule has 4 rings (SSSR count). The number of rotatable bonds is 10. The minimum atomic E-state index is -1.04. The van der Waals surface area contributed by atoms with Crippen LogP contribution in [0.25, 0.3) is 21.7 Å². The molecule has 0 aliphatic rings. The number of nitrogens with one attached hydrogen (secondary N) is 1. The van der Waals surface area contributed by atoms with Crippen LogP contribution in [0.4, 0.5) is 10.9 Å². The standard InChI is InChI=1S/C24H23N3O4S2/c1-3-19-21(15-6-4-7-17(12-15)31-10-9-30-2)26-24(33-19)27-22-18(23(28)29)13-16(14-25-22)20-8-5-11-32-20/h4-8,11-14H,3,9-10H2,1-2H3,(H,28,29)(H,25,26,27). The van der Waals surface area contributed by atoms with Gasteiger partial charge in [0.25, 0.3) is 0 Å². The van der Waals surface area contributed by atoms with Crippen LogP contribution in [0, 0.1) is 0 Å². The van der Waals surface area contributed by atoms with Crippen LogP contribution in [0.1, 0.15) is 22.2 Å². The average molecular weight is 482 g/mol. The molecule has 0 aliphatic carbocycles. The van der Waals surface area contributed by atoms with Crippen molar-refractivity contribution in [3.8, 4) is 27.4 Å². The van der Waals surface area contributed by atoms with Crippen molar-refractivity contribution in [2.75, 3.05) is 25.6 Å². The number of ether oxygens (including phenoxy) is 2. The summed E-state index contributed by atoms with van der Waals surface area (Å²) in [4.78, 5) is 23.1. The Morgan fingerprint density at radius 1 is 1.15 bits per heavy atom. The molecule has 0 saturated carbocycles. The van der Waals surface area contributed by atoms with E-state index in [2.05, 4.69) is 17.2 Å². The number of nitrogens with zero attached hydrogens (tertiary/aromatic N) is 2. The number of aryl methyl sites for hydroxylation is 1. The summed E-state index contributed by atoms with van der Waals surface area (Å²) in [6.45, 7) is 3.05. The van der Waals surface area contributed by atoms with Gasteiger partial charge in [-0.2, -0.15) is 0 Å². The zero-order valence-electron chi connectivity index (χ0n) is 18.2. The highest BCUT2D eigenvalue weighted by Gasteiger charge is 2.18. The molecule has 0 bridgehead atoms. The lowest BCUT2D eigenvalue weighted by Crippen LogP contribution is -2.05. The minimum Gasteiger partial charge on any atom is -0.491 e. The first-order valence-electron chi connectivity index (χ1n) is 10.3. The lowest BCUT2D eigenvalue weighted by atomic mass is 10.1. The van der Waals surface area contributed by atoms with Crippen LogP contribution in [0.3, 0.4) is 0 Å². The summed E-state index contributed by atoms with van der Waals surface area (Å²) in [5, 5.41) is 15.4. The molecule has 3 heterocycles.